The van der Waals surface area contributed by atoms with Crippen molar-refractivity contribution >= 4 is 16.5 Å². The van der Waals surface area contributed by atoms with Crippen molar-refractivity contribution in [3.63, 3.8) is 0 Å². The van der Waals surface area contributed by atoms with Gasteiger partial charge in [0, 0.05) is 56.8 Å². The summed E-state index contributed by atoms with van der Waals surface area (Å²) < 4.78 is 4.08. The topological polar surface area (TPSA) is 44.3 Å². The number of aromatic nitrogens is 2. The van der Waals surface area contributed by atoms with E-state index in [9.17, 15) is 0 Å². The molecule has 19 heavy (non-hydrogen) atoms. The number of hydrogen-bond donors (Lipinski definition) is 1. The molecule has 5 nitrogen and oxygen atoms in total. The lowest BCUT2D eigenvalue weighted by Gasteiger charge is -2.36. The lowest BCUT2D eigenvalue weighted by molar-refractivity contribution is 0.103. The molecule has 0 radical (unpaired) electrons. The third-order valence-corrected chi connectivity index (χ3v) is 4.33. The van der Waals surface area contributed by atoms with Crippen LogP contribution in [-0.4, -0.2) is 58.2 Å². The molecule has 0 spiro atoms. The number of piperazine rings is 1. The Balaban J connectivity index is 1.83. The third kappa shape index (κ3) is 4.12. The van der Waals surface area contributed by atoms with Crippen LogP contribution in [0.25, 0.3) is 0 Å². The van der Waals surface area contributed by atoms with Gasteiger partial charge in [0.15, 0.2) is 0 Å². The molecule has 0 atom stereocenters. The molecule has 1 aromatic heterocycles. The average molecular weight is 283 g/mol. The van der Waals surface area contributed by atoms with E-state index in [1.807, 2.05) is 0 Å². The molecule has 0 saturated carbocycles. The van der Waals surface area contributed by atoms with Gasteiger partial charge in [-0.1, -0.05) is 11.4 Å². The predicted octanol–water partition coefficient (Wildman–Crippen LogP) is 1.89. The summed E-state index contributed by atoms with van der Waals surface area (Å²) in [7, 11) is 0. The SMILES string of the molecule is CCCNc1snnc1CN1CCN(C(C)C)CC1. The van der Waals surface area contributed by atoms with Crippen molar-refractivity contribution in [1.29, 1.82) is 0 Å². The van der Waals surface area contributed by atoms with Gasteiger partial charge in [0.2, 0.25) is 0 Å². The fraction of sp³-hybridized carbons (Fsp3) is 0.846. The van der Waals surface area contributed by atoms with Gasteiger partial charge in [-0.25, -0.2) is 0 Å². The third-order valence-electron chi connectivity index (χ3n) is 3.60. The molecule has 0 aliphatic carbocycles. The van der Waals surface area contributed by atoms with Crippen molar-refractivity contribution in [3.05, 3.63) is 5.69 Å². The highest BCUT2D eigenvalue weighted by atomic mass is 32.1. The van der Waals surface area contributed by atoms with Crippen LogP contribution >= 0.6 is 11.5 Å². The van der Waals surface area contributed by atoms with E-state index in [2.05, 4.69) is 45.5 Å². The molecule has 108 valence electrons. The molecule has 2 rings (SSSR count). The summed E-state index contributed by atoms with van der Waals surface area (Å²) in [6.07, 6.45) is 1.13. The van der Waals surface area contributed by atoms with Crippen LogP contribution in [0.2, 0.25) is 0 Å². The molecular weight excluding hydrogens is 258 g/mol. The van der Waals surface area contributed by atoms with Crippen molar-refractivity contribution in [2.24, 2.45) is 0 Å². The number of hydrogen-bond acceptors (Lipinski definition) is 6. The van der Waals surface area contributed by atoms with E-state index in [0.29, 0.717) is 6.04 Å². The predicted molar refractivity (Wildman–Crippen MR) is 80.7 cm³/mol. The highest BCUT2D eigenvalue weighted by molar-refractivity contribution is 7.10. The van der Waals surface area contributed by atoms with Gasteiger partial charge in [0.25, 0.3) is 0 Å². The van der Waals surface area contributed by atoms with Crippen molar-refractivity contribution in [1.82, 2.24) is 19.4 Å². The van der Waals surface area contributed by atoms with Gasteiger partial charge in [-0.15, -0.1) is 5.10 Å². The summed E-state index contributed by atoms with van der Waals surface area (Å²) in [5, 5.41) is 8.83. The van der Waals surface area contributed by atoms with Crippen LogP contribution < -0.4 is 5.32 Å². The van der Waals surface area contributed by atoms with E-state index in [4.69, 9.17) is 0 Å². The van der Waals surface area contributed by atoms with Gasteiger partial charge in [-0.2, -0.15) is 0 Å². The monoisotopic (exact) mass is 283 g/mol. The van der Waals surface area contributed by atoms with Crippen LogP contribution in [0, 0.1) is 0 Å². The Morgan fingerprint density at radius 1 is 1.26 bits per heavy atom. The Labute approximate surface area is 120 Å². The van der Waals surface area contributed by atoms with E-state index >= 15 is 0 Å². The minimum atomic E-state index is 0.657. The Morgan fingerprint density at radius 2 is 2.00 bits per heavy atom. The lowest BCUT2D eigenvalue weighted by Crippen LogP contribution is -2.48. The van der Waals surface area contributed by atoms with Gasteiger partial charge >= 0.3 is 0 Å². The first kappa shape index (κ1) is 14.7. The number of nitrogens with one attached hydrogen (secondary N) is 1. The molecule has 1 aromatic rings. The molecule has 1 fully saturated rings. The molecule has 0 aromatic carbocycles. The lowest BCUT2D eigenvalue weighted by atomic mass is 10.2. The van der Waals surface area contributed by atoms with E-state index < -0.39 is 0 Å². The molecule has 2 heterocycles. The van der Waals surface area contributed by atoms with E-state index in [1.54, 1.807) is 0 Å². The maximum absolute atomic E-state index is 4.27. The van der Waals surface area contributed by atoms with Crippen LogP contribution in [-0.2, 0) is 6.54 Å². The largest absolute Gasteiger partial charge is 0.374 e. The normalized spacial score (nSPS) is 18.1. The van der Waals surface area contributed by atoms with Gasteiger partial charge < -0.3 is 5.32 Å². The highest BCUT2D eigenvalue weighted by Gasteiger charge is 2.20. The van der Waals surface area contributed by atoms with Gasteiger partial charge in [0.1, 0.15) is 10.7 Å². The molecule has 0 unspecified atom stereocenters. The summed E-state index contributed by atoms with van der Waals surface area (Å²) in [5.74, 6) is 0. The zero-order valence-electron chi connectivity index (χ0n) is 12.2. The van der Waals surface area contributed by atoms with Crippen molar-refractivity contribution < 1.29 is 0 Å². The highest BCUT2D eigenvalue weighted by Crippen LogP contribution is 2.20. The van der Waals surface area contributed by atoms with Gasteiger partial charge in [-0.3, -0.25) is 9.80 Å². The maximum Gasteiger partial charge on any atom is 0.134 e. The fourth-order valence-corrected chi connectivity index (χ4v) is 2.93. The summed E-state index contributed by atoms with van der Waals surface area (Å²) in [6, 6.07) is 0.657. The Bertz CT molecular complexity index is 371. The van der Waals surface area contributed by atoms with Crippen LogP contribution in [0.4, 0.5) is 5.00 Å². The fourth-order valence-electron chi connectivity index (χ4n) is 2.33. The molecule has 1 aliphatic heterocycles. The minimum Gasteiger partial charge on any atom is -0.374 e. The van der Waals surface area contributed by atoms with E-state index in [0.717, 1.165) is 56.4 Å². The summed E-state index contributed by atoms with van der Waals surface area (Å²) >= 11 is 1.47. The zero-order valence-corrected chi connectivity index (χ0v) is 13.0. The molecule has 6 heteroatoms. The first-order chi connectivity index (χ1) is 9.20. The smallest absolute Gasteiger partial charge is 0.134 e. The first-order valence-corrected chi connectivity index (χ1v) is 7.99. The van der Waals surface area contributed by atoms with E-state index in [-0.39, 0.29) is 0 Å². The molecule has 1 aliphatic rings. The van der Waals surface area contributed by atoms with E-state index in [1.165, 1.54) is 11.5 Å². The summed E-state index contributed by atoms with van der Waals surface area (Å²) in [5.41, 5.74) is 1.11. The zero-order chi connectivity index (χ0) is 13.7. The molecule has 1 saturated heterocycles. The molecule has 0 bridgehead atoms. The Kier molecular flexibility index (Phi) is 5.54. The standard InChI is InChI=1S/C13H25N5S/c1-4-5-14-13-12(15-16-19-13)10-17-6-8-18(9-7-17)11(2)3/h11,14H,4-10H2,1-3H3. The number of nitrogens with zero attached hydrogens (tertiary/aromatic N) is 4. The first-order valence-electron chi connectivity index (χ1n) is 7.22. The average Bonchev–Trinajstić information content (AvgIpc) is 2.84. The second-order valence-electron chi connectivity index (χ2n) is 5.38. The number of rotatable bonds is 6. The van der Waals surface area contributed by atoms with Gasteiger partial charge in [-0.05, 0) is 20.3 Å². The van der Waals surface area contributed by atoms with Crippen molar-refractivity contribution in [2.45, 2.75) is 39.8 Å². The van der Waals surface area contributed by atoms with Crippen LogP contribution in [0.3, 0.4) is 0 Å². The molecular formula is C13H25N5S. The molecule has 0 amide bonds. The second kappa shape index (κ2) is 7.17. The summed E-state index contributed by atoms with van der Waals surface area (Å²) in [4.78, 5) is 5.01. The van der Waals surface area contributed by atoms with Crippen molar-refractivity contribution in [3.8, 4) is 0 Å². The molecule has 1 N–H and O–H groups in total. The Morgan fingerprint density at radius 3 is 2.63 bits per heavy atom. The van der Waals surface area contributed by atoms with Crippen LogP contribution in [0.15, 0.2) is 0 Å². The van der Waals surface area contributed by atoms with Crippen LogP contribution in [0.5, 0.6) is 0 Å². The number of anilines is 1. The second-order valence-corrected chi connectivity index (χ2v) is 6.14. The minimum absolute atomic E-state index is 0.657. The van der Waals surface area contributed by atoms with Crippen LogP contribution in [0.1, 0.15) is 32.9 Å². The Hall–Kier alpha value is -0.720. The summed E-state index contributed by atoms with van der Waals surface area (Å²) in [6.45, 7) is 13.2. The maximum atomic E-state index is 4.27. The van der Waals surface area contributed by atoms with Crippen molar-refractivity contribution in [2.75, 3.05) is 38.0 Å². The van der Waals surface area contributed by atoms with Gasteiger partial charge in [0.05, 0.1) is 0 Å². The quantitative estimate of drug-likeness (QED) is 0.863.